The molecule has 0 aliphatic carbocycles. The van der Waals surface area contributed by atoms with E-state index in [0.29, 0.717) is 0 Å². The van der Waals surface area contributed by atoms with Crippen molar-refractivity contribution >= 4 is 53.1 Å². The van der Waals surface area contributed by atoms with Gasteiger partial charge in [-0.1, -0.05) is 0 Å². The van der Waals surface area contributed by atoms with Gasteiger partial charge in [-0.15, -0.1) is 22.9 Å². The van der Waals surface area contributed by atoms with Gasteiger partial charge in [0.05, 0.1) is 11.2 Å². The molecule has 0 atom stereocenters. The first-order valence-corrected chi connectivity index (χ1v) is 11.7. The number of amides is 1. The van der Waals surface area contributed by atoms with Crippen LogP contribution < -0.4 is 9.67 Å². The second-order valence-corrected chi connectivity index (χ2v) is 9.06. The van der Waals surface area contributed by atoms with Crippen molar-refractivity contribution in [2.75, 3.05) is 11.2 Å². The van der Waals surface area contributed by atoms with Gasteiger partial charge in [0.2, 0.25) is 0 Å². The van der Waals surface area contributed by atoms with Crippen LogP contribution in [0.25, 0.3) is 0 Å². The second kappa shape index (κ2) is 9.86. The van der Waals surface area contributed by atoms with Crippen LogP contribution in [0, 0.1) is 0 Å². The topological polar surface area (TPSA) is 120 Å². The first kappa shape index (κ1) is 20.7. The van der Waals surface area contributed by atoms with E-state index in [1.807, 2.05) is 5.51 Å². The summed E-state index contributed by atoms with van der Waals surface area (Å²) in [6, 6.07) is 3.71. The Morgan fingerprint density at radius 2 is 2.12 bits per heavy atom. The molecule has 0 aliphatic heterocycles. The van der Waals surface area contributed by atoms with E-state index < -0.39 is 20.1 Å². The molecule has 1 aromatic heterocycles. The fraction of sp³-hybridized carbons (Fsp3) is 0.286. The van der Waals surface area contributed by atoms with E-state index in [2.05, 4.69) is 15.7 Å². The summed E-state index contributed by atoms with van der Waals surface area (Å²) in [6.45, 7) is 1.18. The molecule has 0 spiro atoms. The molecule has 0 aliphatic rings. The zero-order valence-corrected chi connectivity index (χ0v) is 16.3. The van der Waals surface area contributed by atoms with E-state index in [1.165, 1.54) is 30.8 Å². The third-order valence-corrected chi connectivity index (χ3v) is 5.69. The summed E-state index contributed by atoms with van der Waals surface area (Å²) in [7, 11) is 0. The molecule has 2 aromatic rings. The summed E-state index contributed by atoms with van der Waals surface area (Å²) in [5.74, 6) is -0.147. The smallest absolute Gasteiger partial charge is 0.0794 e. The minimum Gasteiger partial charge on any atom is -0.250 e. The molecule has 2 rings (SSSR count). The van der Waals surface area contributed by atoms with Gasteiger partial charge in [-0.3, -0.25) is 0 Å². The predicted molar refractivity (Wildman–Crippen MR) is 94.1 cm³/mol. The molecule has 4 N–H and O–H groups in total. The van der Waals surface area contributed by atoms with Crippen LogP contribution in [0.15, 0.2) is 29.1 Å². The van der Waals surface area contributed by atoms with Gasteiger partial charge in [-0.25, -0.2) is 4.98 Å². The largest absolute Gasteiger partial charge is 0.250 e. The maximum atomic E-state index is 11.1. The van der Waals surface area contributed by atoms with Crippen molar-refractivity contribution in [2.24, 2.45) is 0 Å². The number of nitrogens with one attached hydrogen (secondary N) is 1. The molecule has 1 heterocycles. The number of thiazole rings is 1. The van der Waals surface area contributed by atoms with Crippen LogP contribution in [0.4, 0.5) is 5.69 Å². The molecular formula is C14H18AsClN2O5S. The maximum Gasteiger partial charge on any atom is 0.0794 e. The zero-order valence-electron chi connectivity index (χ0n) is 12.8. The second-order valence-electron chi connectivity index (χ2n) is 4.67. The Morgan fingerprint density at radius 3 is 2.62 bits per heavy atom. The van der Waals surface area contributed by atoms with Crippen LogP contribution in [0.3, 0.4) is 0 Å². The van der Waals surface area contributed by atoms with Crippen LogP contribution in [0.2, 0.25) is 0 Å². The van der Waals surface area contributed by atoms with Gasteiger partial charge < -0.3 is 0 Å². The summed E-state index contributed by atoms with van der Waals surface area (Å²) in [6.07, 6.45) is 2.05. The van der Waals surface area contributed by atoms with E-state index in [4.69, 9.17) is 19.8 Å². The third-order valence-electron chi connectivity index (χ3n) is 2.69. The van der Waals surface area contributed by atoms with Gasteiger partial charge in [-0.2, -0.15) is 0 Å². The van der Waals surface area contributed by atoms with E-state index in [0.717, 1.165) is 18.7 Å². The summed E-state index contributed by atoms with van der Waals surface area (Å²) in [5, 5.41) is 13.6. The van der Waals surface area contributed by atoms with Crippen LogP contribution in [-0.4, -0.2) is 44.2 Å². The molecule has 1 aromatic carbocycles. The van der Waals surface area contributed by atoms with Crippen molar-refractivity contribution < 1.29 is 21.8 Å². The van der Waals surface area contributed by atoms with Crippen LogP contribution in [0.5, 0.6) is 5.75 Å². The molecule has 0 unspecified atom stereocenters. The molecule has 24 heavy (non-hydrogen) atoms. The van der Waals surface area contributed by atoms with Crippen molar-refractivity contribution in [3.8, 4) is 5.75 Å². The van der Waals surface area contributed by atoms with Gasteiger partial charge in [0.25, 0.3) is 0 Å². The first-order chi connectivity index (χ1) is 11.3. The Hall–Kier alpha value is -1.31. The average Bonchev–Trinajstić information content (AvgIpc) is 2.99. The quantitative estimate of drug-likeness (QED) is 0.318. The number of aryl methyl sites for hydroxylation is 1. The van der Waals surface area contributed by atoms with Crippen molar-refractivity contribution in [3.63, 3.8) is 0 Å². The van der Waals surface area contributed by atoms with Crippen molar-refractivity contribution in [3.05, 3.63) is 34.8 Å². The molecule has 0 saturated carbocycles. The molecule has 0 bridgehead atoms. The number of carbonyl (C=O) groups excluding carboxylic acids is 1. The Balaban J connectivity index is 0.000000272. The number of halogens is 1. The van der Waals surface area contributed by atoms with Crippen molar-refractivity contribution in [2.45, 2.75) is 19.8 Å². The maximum absolute atomic E-state index is 11.1. The van der Waals surface area contributed by atoms with Gasteiger partial charge in [0.1, 0.15) is 0 Å². The fourth-order valence-corrected chi connectivity index (χ4v) is 3.97. The number of aromatic hydroxyl groups is 1. The molecule has 0 fully saturated rings. The number of phenolic OH excluding ortho intramolecular Hbond substituents is 1. The number of carbonyl (C=O) groups is 1. The van der Waals surface area contributed by atoms with E-state index in [9.17, 15) is 13.6 Å². The van der Waals surface area contributed by atoms with E-state index >= 15 is 0 Å². The molecule has 132 valence electrons. The Bertz CT molecular complexity index is 705. The Labute approximate surface area is 151 Å². The Kier molecular flexibility index (Phi) is 8.51. The van der Waals surface area contributed by atoms with Gasteiger partial charge in [0, 0.05) is 11.3 Å². The number of rotatable bonds is 5. The predicted octanol–water partition coefficient (Wildman–Crippen LogP) is 1.23. The van der Waals surface area contributed by atoms with Gasteiger partial charge in [-0.05, 0) is 12.8 Å². The number of aromatic nitrogens is 1. The third kappa shape index (κ3) is 7.07. The molecular weight excluding hydrogens is 419 g/mol. The first-order valence-electron chi connectivity index (χ1n) is 6.84. The van der Waals surface area contributed by atoms with Crippen molar-refractivity contribution in [1.82, 2.24) is 4.98 Å². The Morgan fingerprint density at radius 1 is 1.42 bits per heavy atom. The number of phenols is 1. The average molecular weight is 437 g/mol. The molecule has 1 amide bonds. The van der Waals surface area contributed by atoms with Gasteiger partial charge in [0.15, 0.2) is 0 Å². The van der Waals surface area contributed by atoms with E-state index in [1.54, 1.807) is 11.3 Å². The fourth-order valence-electron chi connectivity index (χ4n) is 1.68. The standard InChI is InChI=1S/C8H10AsNO5.C6H8ClNS/c1-5(11)10-8-6(9(13,14)15)3-2-4-7(8)12;7-3-1-2-6-4-9-5-8-6/h2-4,12H,1H3,(H,10,11)(H2,13,14,15);4-5H,1-3H2. The minimum atomic E-state index is -5.14. The molecule has 7 nitrogen and oxygen atoms in total. The van der Waals surface area contributed by atoms with Crippen LogP contribution >= 0.6 is 22.9 Å². The number of benzene rings is 1. The zero-order chi connectivity index (χ0) is 18.2. The number of hydrogen-bond acceptors (Lipinski definition) is 5. The van der Waals surface area contributed by atoms with Gasteiger partial charge >= 0.3 is 88.1 Å². The number of anilines is 1. The SMILES string of the molecule is CC(=O)Nc1c(O)cccc1[As](=O)(O)O.ClCCCc1cscn1. The summed E-state index contributed by atoms with van der Waals surface area (Å²) in [5.41, 5.74) is 2.79. The number of nitrogens with zero attached hydrogens (tertiary/aromatic N) is 1. The number of alkyl halides is 1. The van der Waals surface area contributed by atoms with Crippen LogP contribution in [-0.2, 0) is 15.0 Å². The molecule has 0 radical (unpaired) electrons. The summed E-state index contributed by atoms with van der Waals surface area (Å²) >= 11 is 1.99. The molecule has 0 saturated heterocycles. The number of para-hydroxylation sites is 1. The summed E-state index contributed by atoms with van der Waals surface area (Å²) < 4.78 is 28.8. The number of hydrogen-bond donors (Lipinski definition) is 4. The monoisotopic (exact) mass is 436 g/mol. The van der Waals surface area contributed by atoms with Crippen LogP contribution in [0.1, 0.15) is 19.0 Å². The minimum absolute atomic E-state index is 0.225. The molecule has 10 heteroatoms. The van der Waals surface area contributed by atoms with E-state index in [-0.39, 0.29) is 15.8 Å². The summed E-state index contributed by atoms with van der Waals surface area (Å²) in [4.78, 5) is 14.9. The van der Waals surface area contributed by atoms with Crippen molar-refractivity contribution in [1.29, 1.82) is 0 Å². The normalized spacial score (nSPS) is 10.7.